The van der Waals surface area contributed by atoms with E-state index < -0.39 is 0 Å². The molecule has 4 heteroatoms. The smallest absolute Gasteiger partial charge is 0.133 e. The summed E-state index contributed by atoms with van der Waals surface area (Å²) >= 11 is 5.83. The van der Waals surface area contributed by atoms with Gasteiger partial charge in [0.15, 0.2) is 0 Å². The van der Waals surface area contributed by atoms with Crippen molar-refractivity contribution >= 4 is 28.2 Å². The van der Waals surface area contributed by atoms with Crippen LogP contribution in [-0.2, 0) is 0 Å². The number of fused-ring (bicyclic) bond motifs is 1. The number of ether oxygens (including phenoxy) is 1. The van der Waals surface area contributed by atoms with E-state index in [9.17, 15) is 0 Å². The quantitative estimate of drug-likeness (QED) is 0.772. The SMILES string of the molecule is CCC(CCCl)CNc1nccc2ccc(OC)cc12. The van der Waals surface area contributed by atoms with Gasteiger partial charge in [0.2, 0.25) is 0 Å². The average molecular weight is 293 g/mol. The van der Waals surface area contributed by atoms with E-state index in [0.29, 0.717) is 11.8 Å². The van der Waals surface area contributed by atoms with Crippen LogP contribution in [0.1, 0.15) is 19.8 Å². The Morgan fingerprint density at radius 2 is 2.20 bits per heavy atom. The third kappa shape index (κ3) is 3.54. The molecule has 0 amide bonds. The molecule has 3 nitrogen and oxygen atoms in total. The lowest BCUT2D eigenvalue weighted by molar-refractivity contribution is 0.415. The molecule has 2 rings (SSSR count). The molecule has 1 atom stereocenters. The minimum atomic E-state index is 0.579. The number of halogens is 1. The Morgan fingerprint density at radius 1 is 1.35 bits per heavy atom. The van der Waals surface area contributed by atoms with Gasteiger partial charge in [-0.2, -0.15) is 0 Å². The molecule has 0 bridgehead atoms. The van der Waals surface area contributed by atoms with Gasteiger partial charge in [0.05, 0.1) is 7.11 Å². The highest BCUT2D eigenvalue weighted by atomic mass is 35.5. The zero-order valence-electron chi connectivity index (χ0n) is 12.0. The van der Waals surface area contributed by atoms with Crippen molar-refractivity contribution in [2.24, 2.45) is 5.92 Å². The van der Waals surface area contributed by atoms with E-state index in [1.165, 1.54) is 0 Å². The van der Waals surface area contributed by atoms with Crippen molar-refractivity contribution in [3.05, 3.63) is 30.5 Å². The maximum atomic E-state index is 5.83. The molecule has 0 fully saturated rings. The molecule has 1 unspecified atom stereocenters. The van der Waals surface area contributed by atoms with Gasteiger partial charge in [0, 0.05) is 24.0 Å². The van der Waals surface area contributed by atoms with Gasteiger partial charge in [-0.15, -0.1) is 11.6 Å². The molecule has 1 aromatic heterocycles. The van der Waals surface area contributed by atoms with Crippen LogP contribution in [0.5, 0.6) is 5.75 Å². The summed E-state index contributed by atoms with van der Waals surface area (Å²) in [5.74, 6) is 3.04. The van der Waals surface area contributed by atoms with E-state index in [1.54, 1.807) is 7.11 Å². The Hall–Kier alpha value is -1.48. The summed E-state index contributed by atoms with van der Waals surface area (Å²) in [5, 5.41) is 5.70. The normalized spacial score (nSPS) is 12.3. The van der Waals surface area contributed by atoms with Gasteiger partial charge >= 0.3 is 0 Å². The monoisotopic (exact) mass is 292 g/mol. The molecule has 0 aliphatic carbocycles. The maximum Gasteiger partial charge on any atom is 0.133 e. The Balaban J connectivity index is 2.20. The van der Waals surface area contributed by atoms with Gasteiger partial charge in [0.1, 0.15) is 11.6 Å². The molecule has 1 aromatic carbocycles. The van der Waals surface area contributed by atoms with Crippen molar-refractivity contribution in [2.75, 3.05) is 24.9 Å². The van der Waals surface area contributed by atoms with E-state index in [2.05, 4.69) is 23.3 Å². The molecule has 0 spiro atoms. The minimum Gasteiger partial charge on any atom is -0.497 e. The van der Waals surface area contributed by atoms with Crippen LogP contribution in [0.4, 0.5) is 5.82 Å². The standard InChI is InChI=1S/C16H21ClN2O/c1-3-12(6-8-17)11-19-16-15-10-14(20-2)5-4-13(15)7-9-18-16/h4-5,7,9-10,12H,3,6,8,11H2,1-2H3,(H,18,19). The van der Waals surface area contributed by atoms with Crippen LogP contribution in [0.3, 0.4) is 0 Å². The number of hydrogen-bond acceptors (Lipinski definition) is 3. The Labute approximate surface area is 125 Å². The largest absolute Gasteiger partial charge is 0.497 e. The predicted molar refractivity (Wildman–Crippen MR) is 85.9 cm³/mol. The van der Waals surface area contributed by atoms with Crippen LogP contribution in [-0.4, -0.2) is 24.5 Å². The van der Waals surface area contributed by atoms with Gasteiger partial charge < -0.3 is 10.1 Å². The summed E-state index contributed by atoms with van der Waals surface area (Å²) in [6, 6.07) is 8.05. The number of aromatic nitrogens is 1. The minimum absolute atomic E-state index is 0.579. The molecule has 0 saturated heterocycles. The number of nitrogens with zero attached hydrogens (tertiary/aromatic N) is 1. The Morgan fingerprint density at radius 3 is 2.90 bits per heavy atom. The van der Waals surface area contributed by atoms with E-state index in [1.807, 2.05) is 24.4 Å². The van der Waals surface area contributed by atoms with Gasteiger partial charge in [-0.05, 0) is 35.9 Å². The maximum absolute atomic E-state index is 5.83. The van der Waals surface area contributed by atoms with Crippen LogP contribution in [0, 0.1) is 5.92 Å². The van der Waals surface area contributed by atoms with Crippen LogP contribution in [0.25, 0.3) is 10.8 Å². The van der Waals surface area contributed by atoms with Crippen LogP contribution < -0.4 is 10.1 Å². The van der Waals surface area contributed by atoms with Crippen LogP contribution >= 0.6 is 11.6 Å². The second-order valence-electron chi connectivity index (χ2n) is 4.88. The molecule has 1 N–H and O–H groups in total. The van der Waals surface area contributed by atoms with Crippen molar-refractivity contribution in [1.82, 2.24) is 4.98 Å². The number of methoxy groups -OCH3 is 1. The Kier molecular flexibility index (Phi) is 5.48. The van der Waals surface area contributed by atoms with Gasteiger partial charge in [-0.1, -0.05) is 19.4 Å². The van der Waals surface area contributed by atoms with Crippen LogP contribution in [0.15, 0.2) is 30.5 Å². The van der Waals surface area contributed by atoms with Crippen molar-refractivity contribution < 1.29 is 4.74 Å². The molecule has 0 saturated carbocycles. The highest BCUT2D eigenvalue weighted by Gasteiger charge is 2.08. The molecular formula is C16H21ClN2O. The number of rotatable bonds is 7. The van der Waals surface area contributed by atoms with Crippen molar-refractivity contribution in [2.45, 2.75) is 19.8 Å². The molecule has 0 aliphatic rings. The zero-order valence-corrected chi connectivity index (χ0v) is 12.8. The number of pyridine rings is 1. The summed E-state index contributed by atoms with van der Waals surface area (Å²) < 4.78 is 5.29. The lowest BCUT2D eigenvalue weighted by Gasteiger charge is -2.16. The topological polar surface area (TPSA) is 34.2 Å². The van der Waals surface area contributed by atoms with Gasteiger partial charge in [-0.25, -0.2) is 4.98 Å². The second-order valence-corrected chi connectivity index (χ2v) is 5.26. The highest BCUT2D eigenvalue weighted by Crippen LogP contribution is 2.26. The summed E-state index contributed by atoms with van der Waals surface area (Å²) in [7, 11) is 1.68. The molecule has 108 valence electrons. The predicted octanol–water partition coefficient (Wildman–Crippen LogP) is 4.31. The number of nitrogens with one attached hydrogen (secondary N) is 1. The fraction of sp³-hybridized carbons (Fsp3) is 0.438. The second kappa shape index (κ2) is 7.34. The molecule has 0 aliphatic heterocycles. The lowest BCUT2D eigenvalue weighted by atomic mass is 10.0. The fourth-order valence-corrected chi connectivity index (χ4v) is 2.57. The van der Waals surface area contributed by atoms with Crippen molar-refractivity contribution in [1.29, 1.82) is 0 Å². The van der Waals surface area contributed by atoms with Gasteiger partial charge in [0.25, 0.3) is 0 Å². The van der Waals surface area contributed by atoms with E-state index in [0.717, 1.165) is 41.7 Å². The molecule has 2 aromatic rings. The van der Waals surface area contributed by atoms with Crippen molar-refractivity contribution in [3.63, 3.8) is 0 Å². The molecule has 20 heavy (non-hydrogen) atoms. The van der Waals surface area contributed by atoms with E-state index in [-0.39, 0.29) is 0 Å². The Bertz CT molecular complexity index is 559. The summed E-state index contributed by atoms with van der Waals surface area (Å²) in [5.41, 5.74) is 0. The first-order valence-corrected chi connectivity index (χ1v) is 7.54. The van der Waals surface area contributed by atoms with E-state index >= 15 is 0 Å². The summed E-state index contributed by atoms with van der Waals surface area (Å²) in [4.78, 5) is 4.45. The number of anilines is 1. The number of hydrogen-bond donors (Lipinski definition) is 1. The first kappa shape index (κ1) is 14.9. The third-order valence-electron chi connectivity index (χ3n) is 3.63. The average Bonchev–Trinajstić information content (AvgIpc) is 2.50. The lowest BCUT2D eigenvalue weighted by Crippen LogP contribution is -2.15. The summed E-state index contributed by atoms with van der Waals surface area (Å²) in [6.07, 6.45) is 3.98. The fourth-order valence-electron chi connectivity index (χ4n) is 2.26. The third-order valence-corrected chi connectivity index (χ3v) is 3.84. The van der Waals surface area contributed by atoms with Crippen molar-refractivity contribution in [3.8, 4) is 5.75 Å². The first-order chi connectivity index (χ1) is 9.78. The molecule has 0 radical (unpaired) electrons. The van der Waals surface area contributed by atoms with Gasteiger partial charge in [-0.3, -0.25) is 0 Å². The highest BCUT2D eigenvalue weighted by molar-refractivity contribution is 6.17. The van der Waals surface area contributed by atoms with Crippen LogP contribution in [0.2, 0.25) is 0 Å². The zero-order chi connectivity index (χ0) is 14.4. The molecule has 1 heterocycles. The number of benzene rings is 1. The first-order valence-electron chi connectivity index (χ1n) is 7.01. The molecular weight excluding hydrogens is 272 g/mol. The number of alkyl halides is 1. The van der Waals surface area contributed by atoms with E-state index in [4.69, 9.17) is 16.3 Å². The summed E-state index contributed by atoms with van der Waals surface area (Å²) in [6.45, 7) is 3.09.